The van der Waals surface area contributed by atoms with Gasteiger partial charge in [-0.15, -0.1) is 21.5 Å². The van der Waals surface area contributed by atoms with E-state index in [1.54, 1.807) is 41.3 Å². The Bertz CT molecular complexity index is 1270. The molecule has 0 saturated carbocycles. The van der Waals surface area contributed by atoms with E-state index in [1.165, 1.54) is 4.31 Å². The SMILES string of the molecule is CCN(CC)S(=O)(=O)c1ccc2nc(CSc3nnc(-c4cccs4)n3CC)[nH]c2c1. The van der Waals surface area contributed by atoms with Crippen molar-refractivity contribution >= 4 is 44.2 Å². The summed E-state index contributed by atoms with van der Waals surface area (Å²) >= 11 is 3.19. The molecule has 0 aliphatic heterocycles. The average molecular weight is 477 g/mol. The molecule has 0 radical (unpaired) electrons. The minimum Gasteiger partial charge on any atom is -0.341 e. The van der Waals surface area contributed by atoms with Crippen LogP contribution in [0.2, 0.25) is 0 Å². The number of aromatic amines is 1. The zero-order chi connectivity index (χ0) is 22.0. The number of nitrogens with zero attached hydrogens (tertiary/aromatic N) is 5. The second-order valence-electron chi connectivity index (χ2n) is 6.77. The van der Waals surface area contributed by atoms with Gasteiger partial charge in [0.25, 0.3) is 0 Å². The first-order chi connectivity index (χ1) is 15.0. The molecule has 0 aliphatic carbocycles. The Balaban J connectivity index is 1.55. The summed E-state index contributed by atoms with van der Waals surface area (Å²) in [6.07, 6.45) is 0. The lowest BCUT2D eigenvalue weighted by atomic mass is 10.3. The highest BCUT2D eigenvalue weighted by Crippen LogP contribution is 2.29. The topological polar surface area (TPSA) is 96.8 Å². The van der Waals surface area contributed by atoms with Crippen LogP contribution in [0.5, 0.6) is 0 Å². The summed E-state index contributed by atoms with van der Waals surface area (Å²) in [6.45, 7) is 7.40. The Hall–Kier alpha value is -2.21. The van der Waals surface area contributed by atoms with Gasteiger partial charge in [0.1, 0.15) is 5.82 Å². The Kier molecular flexibility index (Phi) is 6.47. The third kappa shape index (κ3) is 4.27. The van der Waals surface area contributed by atoms with Crippen molar-refractivity contribution in [1.82, 2.24) is 29.0 Å². The summed E-state index contributed by atoms with van der Waals surface area (Å²) in [6, 6.07) is 9.07. The molecular weight excluding hydrogens is 452 g/mol. The molecule has 1 aromatic carbocycles. The molecule has 11 heteroatoms. The first-order valence-electron chi connectivity index (χ1n) is 10.1. The molecule has 0 fully saturated rings. The van der Waals surface area contributed by atoms with Crippen molar-refractivity contribution in [2.24, 2.45) is 0 Å². The summed E-state index contributed by atoms with van der Waals surface area (Å²) in [4.78, 5) is 9.23. The van der Waals surface area contributed by atoms with E-state index in [1.807, 2.05) is 31.4 Å². The van der Waals surface area contributed by atoms with Gasteiger partial charge >= 0.3 is 0 Å². The number of aromatic nitrogens is 5. The van der Waals surface area contributed by atoms with Crippen molar-refractivity contribution in [3.8, 4) is 10.7 Å². The molecule has 3 heterocycles. The van der Waals surface area contributed by atoms with E-state index in [9.17, 15) is 8.42 Å². The molecule has 0 unspecified atom stereocenters. The molecule has 0 saturated heterocycles. The number of rotatable bonds is 9. The van der Waals surface area contributed by atoms with Crippen LogP contribution in [0.3, 0.4) is 0 Å². The number of imidazole rings is 1. The first-order valence-corrected chi connectivity index (χ1v) is 13.4. The van der Waals surface area contributed by atoms with Gasteiger partial charge in [0.15, 0.2) is 11.0 Å². The minimum absolute atomic E-state index is 0.276. The molecule has 31 heavy (non-hydrogen) atoms. The van der Waals surface area contributed by atoms with E-state index < -0.39 is 10.0 Å². The Morgan fingerprint density at radius 2 is 1.97 bits per heavy atom. The fraction of sp³-hybridized carbons (Fsp3) is 0.350. The zero-order valence-electron chi connectivity index (χ0n) is 17.6. The maximum Gasteiger partial charge on any atom is 0.243 e. The summed E-state index contributed by atoms with van der Waals surface area (Å²) in [7, 11) is -3.51. The summed E-state index contributed by atoms with van der Waals surface area (Å²) in [5.74, 6) is 2.21. The molecular formula is C20H24N6O2S3. The van der Waals surface area contributed by atoms with Gasteiger partial charge in [0.05, 0.1) is 26.6 Å². The molecule has 1 N–H and O–H groups in total. The number of H-pyrrole nitrogens is 1. The van der Waals surface area contributed by atoms with Crippen LogP contribution in [-0.2, 0) is 22.3 Å². The van der Waals surface area contributed by atoms with Crippen LogP contribution in [0.4, 0.5) is 0 Å². The fourth-order valence-electron chi connectivity index (χ4n) is 3.38. The highest BCUT2D eigenvalue weighted by molar-refractivity contribution is 7.98. The molecule has 0 amide bonds. The molecule has 0 spiro atoms. The van der Waals surface area contributed by atoms with Crippen LogP contribution in [0, 0.1) is 0 Å². The van der Waals surface area contributed by atoms with Gasteiger partial charge in [0.2, 0.25) is 10.0 Å². The average Bonchev–Trinajstić information content (AvgIpc) is 3.50. The van der Waals surface area contributed by atoms with Crippen molar-refractivity contribution < 1.29 is 8.42 Å². The smallest absolute Gasteiger partial charge is 0.243 e. The Labute approximate surface area is 189 Å². The summed E-state index contributed by atoms with van der Waals surface area (Å²) in [5.41, 5.74) is 1.45. The van der Waals surface area contributed by atoms with Crippen LogP contribution in [-0.4, -0.2) is 50.5 Å². The lowest BCUT2D eigenvalue weighted by Crippen LogP contribution is -2.30. The van der Waals surface area contributed by atoms with Crippen molar-refractivity contribution in [3.05, 3.63) is 41.5 Å². The molecule has 3 aromatic heterocycles. The van der Waals surface area contributed by atoms with Crippen LogP contribution in [0.1, 0.15) is 26.6 Å². The quantitative estimate of drug-likeness (QED) is 0.363. The molecule has 0 atom stereocenters. The van der Waals surface area contributed by atoms with Crippen molar-refractivity contribution in [3.63, 3.8) is 0 Å². The van der Waals surface area contributed by atoms with Crippen LogP contribution in [0.25, 0.3) is 21.7 Å². The first kappa shape index (κ1) is 22.0. The molecule has 4 rings (SSSR count). The molecule has 4 aromatic rings. The van der Waals surface area contributed by atoms with Gasteiger partial charge in [-0.1, -0.05) is 31.7 Å². The molecule has 0 aliphatic rings. The molecule has 164 valence electrons. The van der Waals surface area contributed by atoms with Crippen LogP contribution >= 0.6 is 23.1 Å². The second-order valence-corrected chi connectivity index (χ2v) is 10.6. The number of thiophene rings is 1. The van der Waals surface area contributed by atoms with Crippen molar-refractivity contribution in [2.45, 2.75) is 43.1 Å². The van der Waals surface area contributed by atoms with Crippen molar-refractivity contribution in [2.75, 3.05) is 13.1 Å². The number of thioether (sulfide) groups is 1. The summed E-state index contributed by atoms with van der Waals surface area (Å²) in [5, 5.41) is 11.6. The number of fused-ring (bicyclic) bond motifs is 1. The maximum atomic E-state index is 12.8. The van der Waals surface area contributed by atoms with Gasteiger partial charge in [0, 0.05) is 19.6 Å². The largest absolute Gasteiger partial charge is 0.341 e. The van der Waals surface area contributed by atoms with Crippen LogP contribution < -0.4 is 0 Å². The number of benzene rings is 1. The van der Waals surface area contributed by atoms with Gasteiger partial charge in [-0.2, -0.15) is 4.31 Å². The highest BCUT2D eigenvalue weighted by atomic mass is 32.2. The standard InChI is InChI=1S/C20H24N6O2S3/c1-4-25(5-2)31(27,28)14-9-10-15-16(12-14)22-18(21-15)13-30-20-24-23-19(26(20)6-3)17-8-7-11-29-17/h7-12H,4-6,13H2,1-3H3,(H,21,22). The van der Waals surface area contributed by atoms with Crippen molar-refractivity contribution in [1.29, 1.82) is 0 Å². The molecule has 8 nitrogen and oxygen atoms in total. The zero-order valence-corrected chi connectivity index (χ0v) is 20.0. The Morgan fingerprint density at radius 1 is 1.16 bits per heavy atom. The van der Waals surface area contributed by atoms with E-state index in [-0.39, 0.29) is 4.90 Å². The summed E-state index contributed by atoms with van der Waals surface area (Å²) < 4.78 is 29.1. The maximum absolute atomic E-state index is 12.8. The highest BCUT2D eigenvalue weighted by Gasteiger charge is 2.22. The van der Waals surface area contributed by atoms with E-state index in [0.29, 0.717) is 24.4 Å². The van der Waals surface area contributed by atoms with E-state index in [0.717, 1.165) is 33.7 Å². The number of sulfonamides is 1. The second kappa shape index (κ2) is 9.11. The lowest BCUT2D eigenvalue weighted by Gasteiger charge is -2.18. The van der Waals surface area contributed by atoms with Gasteiger partial charge in [-0.25, -0.2) is 13.4 Å². The number of hydrogen-bond donors (Lipinski definition) is 1. The van der Waals surface area contributed by atoms with Gasteiger partial charge < -0.3 is 9.55 Å². The van der Waals surface area contributed by atoms with Crippen LogP contribution in [0.15, 0.2) is 45.8 Å². The van der Waals surface area contributed by atoms with E-state index in [4.69, 9.17) is 0 Å². The predicted octanol–water partition coefficient (Wildman–Crippen LogP) is 4.23. The third-order valence-electron chi connectivity index (χ3n) is 4.96. The van der Waals surface area contributed by atoms with E-state index >= 15 is 0 Å². The molecule has 0 bridgehead atoms. The monoisotopic (exact) mass is 476 g/mol. The predicted molar refractivity (Wildman–Crippen MR) is 125 cm³/mol. The number of hydrogen-bond acceptors (Lipinski definition) is 7. The third-order valence-corrected chi connectivity index (χ3v) is 8.85. The Morgan fingerprint density at radius 3 is 2.65 bits per heavy atom. The lowest BCUT2D eigenvalue weighted by molar-refractivity contribution is 0.445. The normalized spacial score (nSPS) is 12.3. The fourth-order valence-corrected chi connectivity index (χ4v) is 6.46. The van der Waals surface area contributed by atoms with Gasteiger partial charge in [-0.05, 0) is 36.6 Å². The van der Waals surface area contributed by atoms with E-state index in [2.05, 4.69) is 31.7 Å². The van der Waals surface area contributed by atoms with Gasteiger partial charge in [-0.3, -0.25) is 0 Å². The number of nitrogens with one attached hydrogen (secondary N) is 1. The minimum atomic E-state index is -3.51.